The Labute approximate surface area is 165 Å². The molecule has 8 heteroatoms. The third-order valence-electron chi connectivity index (χ3n) is 3.88. The van der Waals surface area contributed by atoms with Crippen LogP contribution in [-0.4, -0.2) is 21.9 Å². The van der Waals surface area contributed by atoms with Gasteiger partial charge >= 0.3 is 0 Å². The summed E-state index contributed by atoms with van der Waals surface area (Å²) in [5, 5.41) is 14.8. The summed E-state index contributed by atoms with van der Waals surface area (Å²) < 4.78 is 13.6. The van der Waals surface area contributed by atoms with Crippen LogP contribution in [0.3, 0.4) is 0 Å². The number of nitrogens with zero attached hydrogens (tertiary/aromatic N) is 2. The van der Waals surface area contributed by atoms with Crippen molar-refractivity contribution in [3.63, 3.8) is 0 Å². The van der Waals surface area contributed by atoms with Gasteiger partial charge in [-0.15, -0.1) is 10.2 Å². The first-order valence-corrected chi connectivity index (χ1v) is 10.1. The fraction of sp³-hybridized carbons (Fsp3) is 0.211. The van der Waals surface area contributed by atoms with Gasteiger partial charge < -0.3 is 10.6 Å². The van der Waals surface area contributed by atoms with Gasteiger partial charge in [-0.1, -0.05) is 41.3 Å². The Hall–Kier alpha value is -2.45. The molecule has 5 nitrogen and oxygen atoms in total. The largest absolute Gasteiger partial charge is 0.356 e. The number of aryl methyl sites for hydroxylation is 2. The van der Waals surface area contributed by atoms with E-state index in [1.807, 2.05) is 32.0 Å². The molecule has 0 unspecified atom stereocenters. The lowest BCUT2D eigenvalue weighted by atomic mass is 10.1. The van der Waals surface area contributed by atoms with Crippen molar-refractivity contribution < 1.29 is 9.18 Å². The van der Waals surface area contributed by atoms with Crippen LogP contribution in [0.2, 0.25) is 0 Å². The van der Waals surface area contributed by atoms with Crippen LogP contribution in [-0.2, 0) is 11.3 Å². The van der Waals surface area contributed by atoms with E-state index >= 15 is 0 Å². The highest BCUT2D eigenvalue weighted by Crippen LogP contribution is 2.26. The number of halogens is 1. The van der Waals surface area contributed by atoms with Crippen LogP contribution in [0.25, 0.3) is 0 Å². The number of amides is 1. The van der Waals surface area contributed by atoms with Crippen molar-refractivity contribution in [2.24, 2.45) is 0 Å². The minimum absolute atomic E-state index is 0.0840. The van der Waals surface area contributed by atoms with Gasteiger partial charge in [0.2, 0.25) is 11.0 Å². The smallest absolute Gasteiger partial charge is 0.234 e. The molecular formula is C19H19FN4OS2. The molecule has 0 aliphatic rings. The van der Waals surface area contributed by atoms with E-state index in [9.17, 15) is 9.18 Å². The number of benzene rings is 2. The maximum Gasteiger partial charge on any atom is 0.234 e. The number of hydrogen-bond donors (Lipinski definition) is 2. The Balaban J connectivity index is 1.46. The Morgan fingerprint density at radius 3 is 2.63 bits per heavy atom. The molecule has 0 fully saturated rings. The highest BCUT2D eigenvalue weighted by molar-refractivity contribution is 8.01. The molecule has 2 N–H and O–H groups in total. The summed E-state index contributed by atoms with van der Waals surface area (Å²) in [5.74, 6) is -0.0776. The molecule has 0 spiro atoms. The molecule has 0 bridgehead atoms. The molecule has 1 amide bonds. The van der Waals surface area contributed by atoms with Gasteiger partial charge in [0.15, 0.2) is 4.34 Å². The van der Waals surface area contributed by atoms with E-state index in [2.05, 4.69) is 20.8 Å². The van der Waals surface area contributed by atoms with Gasteiger partial charge in [-0.05, 0) is 54.8 Å². The van der Waals surface area contributed by atoms with Crippen molar-refractivity contribution in [1.82, 2.24) is 10.2 Å². The monoisotopic (exact) mass is 402 g/mol. The van der Waals surface area contributed by atoms with E-state index < -0.39 is 0 Å². The number of thioether (sulfide) groups is 1. The number of carbonyl (C=O) groups excluding carboxylic acids is 1. The molecule has 2 aromatic carbocycles. The molecule has 0 atom stereocenters. The van der Waals surface area contributed by atoms with Crippen LogP contribution in [0.5, 0.6) is 0 Å². The second kappa shape index (κ2) is 8.96. The van der Waals surface area contributed by atoms with Crippen molar-refractivity contribution in [3.8, 4) is 0 Å². The first-order valence-electron chi connectivity index (χ1n) is 8.31. The number of rotatable bonds is 7. The van der Waals surface area contributed by atoms with Crippen LogP contribution in [0.1, 0.15) is 16.7 Å². The Morgan fingerprint density at radius 2 is 1.89 bits per heavy atom. The summed E-state index contributed by atoms with van der Waals surface area (Å²) >= 11 is 2.73. The highest BCUT2D eigenvalue weighted by Gasteiger charge is 2.09. The second-order valence-electron chi connectivity index (χ2n) is 5.99. The zero-order valence-corrected chi connectivity index (χ0v) is 16.6. The van der Waals surface area contributed by atoms with Crippen LogP contribution in [0.4, 0.5) is 15.2 Å². The quantitative estimate of drug-likeness (QED) is 0.564. The first-order chi connectivity index (χ1) is 13.0. The van der Waals surface area contributed by atoms with Crippen LogP contribution >= 0.6 is 23.1 Å². The molecule has 140 valence electrons. The predicted molar refractivity (Wildman–Crippen MR) is 109 cm³/mol. The van der Waals surface area contributed by atoms with Crippen molar-refractivity contribution in [2.75, 3.05) is 16.4 Å². The average molecular weight is 403 g/mol. The number of hydrogen-bond acceptors (Lipinski definition) is 6. The van der Waals surface area contributed by atoms with Gasteiger partial charge in [0.25, 0.3) is 0 Å². The molecule has 1 aromatic heterocycles. The molecule has 0 radical (unpaired) electrons. The van der Waals surface area contributed by atoms with Gasteiger partial charge in [0.1, 0.15) is 5.82 Å². The van der Waals surface area contributed by atoms with Crippen LogP contribution < -0.4 is 10.6 Å². The van der Waals surface area contributed by atoms with Crippen molar-refractivity contribution >= 4 is 39.8 Å². The standard InChI is InChI=1S/C19H19FN4OS2/c1-12-3-8-16(9-13(12)2)22-17(25)11-26-19-24-23-18(27-19)21-10-14-4-6-15(20)7-5-14/h3-9H,10-11H2,1-2H3,(H,21,23)(H,22,25). The van der Waals surface area contributed by atoms with Gasteiger partial charge in [-0.2, -0.15) is 0 Å². The maximum absolute atomic E-state index is 12.9. The molecular weight excluding hydrogens is 383 g/mol. The first kappa shape index (κ1) is 19.3. The molecule has 0 saturated heterocycles. The van der Waals surface area contributed by atoms with E-state index in [-0.39, 0.29) is 17.5 Å². The number of anilines is 2. The van der Waals surface area contributed by atoms with E-state index in [0.717, 1.165) is 16.8 Å². The summed E-state index contributed by atoms with van der Waals surface area (Å²) in [6.45, 7) is 4.59. The van der Waals surface area contributed by atoms with Crippen LogP contribution in [0.15, 0.2) is 46.8 Å². The zero-order valence-electron chi connectivity index (χ0n) is 15.0. The third kappa shape index (κ3) is 5.77. The van der Waals surface area contributed by atoms with Crippen molar-refractivity contribution in [2.45, 2.75) is 24.7 Å². The summed E-state index contributed by atoms with van der Waals surface area (Å²) in [5.41, 5.74) is 4.08. The number of aromatic nitrogens is 2. The van der Waals surface area contributed by atoms with Crippen molar-refractivity contribution in [3.05, 3.63) is 65.0 Å². The average Bonchev–Trinajstić information content (AvgIpc) is 3.11. The lowest BCUT2D eigenvalue weighted by molar-refractivity contribution is -0.113. The molecule has 0 aliphatic carbocycles. The van der Waals surface area contributed by atoms with Gasteiger partial charge in [-0.3, -0.25) is 4.79 Å². The van der Waals surface area contributed by atoms with Gasteiger partial charge in [0.05, 0.1) is 5.75 Å². The molecule has 3 aromatic rings. The molecule has 27 heavy (non-hydrogen) atoms. The molecule has 3 rings (SSSR count). The van der Waals surface area contributed by atoms with Crippen LogP contribution in [0, 0.1) is 19.7 Å². The van der Waals surface area contributed by atoms with Gasteiger partial charge in [-0.25, -0.2) is 4.39 Å². The molecule has 1 heterocycles. The fourth-order valence-corrected chi connectivity index (χ4v) is 3.81. The summed E-state index contributed by atoms with van der Waals surface area (Å²) in [4.78, 5) is 12.1. The maximum atomic E-state index is 12.9. The zero-order chi connectivity index (χ0) is 19.2. The predicted octanol–water partition coefficient (Wildman–Crippen LogP) is 4.64. The lowest BCUT2D eigenvalue weighted by Gasteiger charge is -2.06. The topological polar surface area (TPSA) is 66.9 Å². The SMILES string of the molecule is Cc1ccc(NC(=O)CSc2nnc(NCc3ccc(F)cc3)s2)cc1C. The van der Waals surface area contributed by atoms with Crippen molar-refractivity contribution in [1.29, 1.82) is 0 Å². The minimum Gasteiger partial charge on any atom is -0.356 e. The van der Waals surface area contributed by atoms with E-state index in [1.165, 1.54) is 40.8 Å². The summed E-state index contributed by atoms with van der Waals surface area (Å²) in [6, 6.07) is 12.1. The fourth-order valence-electron chi connectivity index (χ4n) is 2.26. The minimum atomic E-state index is -0.257. The Bertz CT molecular complexity index is 928. The number of nitrogens with one attached hydrogen (secondary N) is 2. The summed E-state index contributed by atoms with van der Waals surface area (Å²) in [7, 11) is 0. The summed E-state index contributed by atoms with van der Waals surface area (Å²) in [6.07, 6.45) is 0. The normalized spacial score (nSPS) is 10.6. The number of carbonyl (C=O) groups is 1. The Morgan fingerprint density at radius 1 is 1.11 bits per heavy atom. The van der Waals surface area contributed by atoms with Gasteiger partial charge in [0, 0.05) is 12.2 Å². The Kier molecular flexibility index (Phi) is 6.41. The lowest BCUT2D eigenvalue weighted by Crippen LogP contribution is -2.14. The molecule has 0 aliphatic heterocycles. The third-order valence-corrected chi connectivity index (χ3v) is 5.90. The second-order valence-corrected chi connectivity index (χ2v) is 8.19. The van der Waals surface area contributed by atoms with E-state index in [0.29, 0.717) is 16.0 Å². The van der Waals surface area contributed by atoms with E-state index in [1.54, 1.807) is 12.1 Å². The van der Waals surface area contributed by atoms with E-state index in [4.69, 9.17) is 0 Å². The molecule has 0 saturated carbocycles. The highest BCUT2D eigenvalue weighted by atomic mass is 32.2.